The van der Waals surface area contributed by atoms with E-state index in [1.807, 2.05) is 0 Å². The van der Waals surface area contributed by atoms with Crippen molar-refractivity contribution >= 4 is 11.4 Å². The molecule has 2 aromatic rings. The van der Waals surface area contributed by atoms with Gasteiger partial charge in [-0.05, 0) is 25.7 Å². The highest BCUT2D eigenvalue weighted by molar-refractivity contribution is 5.40. The van der Waals surface area contributed by atoms with Crippen LogP contribution in [0.2, 0.25) is 0 Å². The topological polar surface area (TPSA) is 31.8 Å². The van der Waals surface area contributed by atoms with Crippen LogP contribution in [0.25, 0.3) is 0 Å². The molecule has 220 valence electrons. The predicted octanol–water partition coefficient (Wildman–Crippen LogP) is 9.24. The van der Waals surface area contributed by atoms with Gasteiger partial charge >= 0.3 is 0 Å². The Kier molecular flexibility index (Phi) is 20.2. The molecule has 0 atom stereocenters. The monoisotopic (exact) mass is 538 g/mol. The number of hydrogen-bond acceptors (Lipinski definition) is 2. The average molecular weight is 539 g/mol. The van der Waals surface area contributed by atoms with Crippen molar-refractivity contribution < 1.29 is 9.13 Å². The van der Waals surface area contributed by atoms with Crippen molar-refractivity contribution in [1.29, 1.82) is 0 Å². The van der Waals surface area contributed by atoms with E-state index >= 15 is 0 Å². The van der Waals surface area contributed by atoms with E-state index in [4.69, 9.17) is 0 Å². The van der Waals surface area contributed by atoms with E-state index in [0.29, 0.717) is 0 Å². The van der Waals surface area contributed by atoms with Gasteiger partial charge in [-0.2, -0.15) is 0 Å². The van der Waals surface area contributed by atoms with Gasteiger partial charge in [0.05, 0.1) is 0 Å². The van der Waals surface area contributed by atoms with Gasteiger partial charge in [0.2, 0.25) is 0 Å². The molecule has 0 amide bonds. The third-order valence-corrected chi connectivity index (χ3v) is 7.83. The van der Waals surface area contributed by atoms with Crippen LogP contribution in [0.3, 0.4) is 0 Å². The van der Waals surface area contributed by atoms with E-state index in [0.717, 1.165) is 26.2 Å². The number of unbranched alkanes of at least 4 members (excludes halogenated alkanes) is 16. The zero-order chi connectivity index (χ0) is 27.6. The fraction of sp³-hybridized carbons (Fsp3) is 0.714. The van der Waals surface area contributed by atoms with Gasteiger partial charge in [0, 0.05) is 61.6 Å². The first kappa shape index (κ1) is 33.1. The van der Waals surface area contributed by atoms with Crippen LogP contribution in [-0.4, -0.2) is 13.1 Å². The highest BCUT2D eigenvalue weighted by Crippen LogP contribution is 2.10. The van der Waals surface area contributed by atoms with Gasteiger partial charge in [0.15, 0.2) is 24.8 Å². The Morgan fingerprint density at radius 3 is 1.08 bits per heavy atom. The molecule has 2 rings (SSSR count). The van der Waals surface area contributed by atoms with Crippen molar-refractivity contribution in [3.05, 3.63) is 49.1 Å². The normalized spacial score (nSPS) is 11.1. The molecule has 0 saturated heterocycles. The van der Waals surface area contributed by atoms with E-state index in [1.165, 1.54) is 133 Å². The van der Waals surface area contributed by atoms with Gasteiger partial charge in [-0.15, -0.1) is 0 Å². The summed E-state index contributed by atoms with van der Waals surface area (Å²) in [7, 11) is 0. The molecule has 0 aliphatic heterocycles. The Labute approximate surface area is 242 Å². The summed E-state index contributed by atoms with van der Waals surface area (Å²) < 4.78 is 4.67. The van der Waals surface area contributed by atoms with Crippen LogP contribution in [0.5, 0.6) is 0 Å². The minimum atomic E-state index is 1.10. The fourth-order valence-electron chi connectivity index (χ4n) is 5.20. The van der Waals surface area contributed by atoms with Gasteiger partial charge in [-0.25, -0.2) is 9.13 Å². The number of anilines is 2. The molecule has 2 N–H and O–H groups in total. The molecule has 0 aromatic carbocycles. The Balaban J connectivity index is 1.39. The summed E-state index contributed by atoms with van der Waals surface area (Å²) in [4.78, 5) is 0. The van der Waals surface area contributed by atoms with Crippen LogP contribution in [0.4, 0.5) is 11.4 Å². The molecule has 4 nitrogen and oxygen atoms in total. The summed E-state index contributed by atoms with van der Waals surface area (Å²) in [6.45, 7) is 9.02. The van der Waals surface area contributed by atoms with E-state index < -0.39 is 0 Å². The molecule has 0 bridgehead atoms. The lowest BCUT2D eigenvalue weighted by molar-refractivity contribution is -0.697. The van der Waals surface area contributed by atoms with Gasteiger partial charge in [0.25, 0.3) is 0 Å². The zero-order valence-corrected chi connectivity index (χ0v) is 25.8. The van der Waals surface area contributed by atoms with Crippen molar-refractivity contribution in [2.75, 3.05) is 23.7 Å². The molecule has 0 saturated carbocycles. The Hall–Kier alpha value is -2.10. The van der Waals surface area contributed by atoms with Crippen LogP contribution in [-0.2, 0) is 13.1 Å². The van der Waals surface area contributed by atoms with Gasteiger partial charge in [-0.1, -0.05) is 97.3 Å². The summed E-state index contributed by atoms with van der Waals surface area (Å²) in [5.74, 6) is 0. The lowest BCUT2D eigenvalue weighted by Gasteiger charge is -2.06. The van der Waals surface area contributed by atoms with Crippen LogP contribution >= 0.6 is 0 Å². The van der Waals surface area contributed by atoms with E-state index in [1.54, 1.807) is 0 Å². The Bertz CT molecular complexity index is 720. The first-order valence-electron chi connectivity index (χ1n) is 16.8. The van der Waals surface area contributed by atoms with E-state index in [9.17, 15) is 0 Å². The van der Waals surface area contributed by atoms with Crippen molar-refractivity contribution in [2.45, 2.75) is 149 Å². The minimum Gasteiger partial charge on any atom is -0.385 e. The molecule has 39 heavy (non-hydrogen) atoms. The maximum absolute atomic E-state index is 3.57. The second kappa shape index (κ2) is 23.8. The lowest BCUT2D eigenvalue weighted by Crippen LogP contribution is -2.32. The molecular weight excluding hydrogens is 476 g/mol. The molecule has 0 aliphatic rings. The number of pyridine rings is 2. The number of aromatic nitrogens is 2. The highest BCUT2D eigenvalue weighted by atomic mass is 14.9. The second-order valence-electron chi connectivity index (χ2n) is 11.5. The second-order valence-corrected chi connectivity index (χ2v) is 11.5. The quantitative estimate of drug-likeness (QED) is 0.0924. The summed E-state index contributed by atoms with van der Waals surface area (Å²) in [6.07, 6.45) is 34.5. The SMILES string of the molecule is CCCCCCCCNc1cc[n+](CCCCCCCCC[n+]2ccc(NCCCCCCCC)cc2)cc1. The number of rotatable bonds is 26. The maximum Gasteiger partial charge on any atom is 0.170 e. The highest BCUT2D eigenvalue weighted by Gasteiger charge is 2.03. The van der Waals surface area contributed by atoms with Gasteiger partial charge in [0.1, 0.15) is 13.1 Å². The molecular formula is C35H62N4+2. The number of hydrogen-bond donors (Lipinski definition) is 2. The molecule has 0 spiro atoms. The number of nitrogens with one attached hydrogen (secondary N) is 2. The van der Waals surface area contributed by atoms with E-state index in [2.05, 4.69) is 82.7 Å². The van der Waals surface area contributed by atoms with Gasteiger partial charge < -0.3 is 10.6 Å². The molecule has 0 radical (unpaired) electrons. The standard InChI is InChI=1S/C35H60N4/c1-3-5-7-9-14-18-26-36-34-22-30-38(31-23-34)28-20-16-12-11-13-17-21-29-39-32-24-35(25-33-39)37-27-19-15-10-8-6-4-2/h22-25,30-33H,3-21,26-29H2,1-2H3/p+2. The van der Waals surface area contributed by atoms with Crippen molar-refractivity contribution in [3.8, 4) is 0 Å². The first-order valence-corrected chi connectivity index (χ1v) is 16.8. The summed E-state index contributed by atoms with van der Waals surface area (Å²) in [5, 5.41) is 7.15. The molecule has 4 heteroatoms. The number of nitrogens with zero attached hydrogens (tertiary/aromatic N) is 2. The summed E-state index contributed by atoms with van der Waals surface area (Å²) in [5.41, 5.74) is 2.52. The molecule has 2 aromatic heterocycles. The van der Waals surface area contributed by atoms with Crippen LogP contribution in [0.1, 0.15) is 136 Å². The van der Waals surface area contributed by atoms with Crippen LogP contribution in [0.15, 0.2) is 49.1 Å². The molecule has 0 unspecified atom stereocenters. The largest absolute Gasteiger partial charge is 0.385 e. The summed E-state index contributed by atoms with van der Waals surface area (Å²) >= 11 is 0. The van der Waals surface area contributed by atoms with Crippen molar-refractivity contribution in [2.24, 2.45) is 0 Å². The van der Waals surface area contributed by atoms with Crippen LogP contribution < -0.4 is 19.8 Å². The van der Waals surface area contributed by atoms with Crippen LogP contribution in [0, 0.1) is 0 Å². The minimum absolute atomic E-state index is 1.10. The third-order valence-electron chi connectivity index (χ3n) is 7.83. The predicted molar refractivity (Wildman–Crippen MR) is 169 cm³/mol. The maximum atomic E-state index is 3.57. The third kappa shape index (κ3) is 18.0. The average Bonchev–Trinajstić information content (AvgIpc) is 2.97. The fourth-order valence-corrected chi connectivity index (χ4v) is 5.20. The smallest absolute Gasteiger partial charge is 0.170 e. The first-order chi connectivity index (χ1) is 19.3. The van der Waals surface area contributed by atoms with Crippen molar-refractivity contribution in [3.63, 3.8) is 0 Å². The molecule has 2 heterocycles. The zero-order valence-electron chi connectivity index (χ0n) is 25.8. The Morgan fingerprint density at radius 1 is 0.410 bits per heavy atom. The summed E-state index contributed by atoms with van der Waals surface area (Å²) in [6, 6.07) is 8.93. The van der Waals surface area contributed by atoms with E-state index in [-0.39, 0.29) is 0 Å². The number of aryl methyl sites for hydroxylation is 2. The lowest BCUT2D eigenvalue weighted by atomic mass is 10.1. The van der Waals surface area contributed by atoms with Crippen molar-refractivity contribution in [1.82, 2.24) is 0 Å². The van der Waals surface area contributed by atoms with Gasteiger partial charge in [-0.3, -0.25) is 0 Å². The molecule has 0 aliphatic carbocycles. The Morgan fingerprint density at radius 2 is 0.718 bits per heavy atom. The molecule has 0 fully saturated rings.